The predicted molar refractivity (Wildman–Crippen MR) is 136 cm³/mol. The van der Waals surface area contributed by atoms with Crippen molar-refractivity contribution in [3.63, 3.8) is 0 Å². The number of fused-ring (bicyclic) bond motifs is 1. The monoisotopic (exact) mass is 604 g/mol. The Bertz CT molecular complexity index is 1650. The Hall–Kier alpha value is -5.10. The quantitative estimate of drug-likeness (QED) is 0.0642. The minimum Gasteiger partial charge on any atom is -0.459 e. The summed E-state index contributed by atoms with van der Waals surface area (Å²) in [6.45, 7) is -0.357. The molecule has 0 aliphatic carbocycles. The van der Waals surface area contributed by atoms with Crippen LogP contribution in [0.5, 0.6) is 0 Å². The Morgan fingerprint density at radius 3 is 2.07 bits per heavy atom. The number of nitrogens with zero attached hydrogens (tertiary/aromatic N) is 4. The molecule has 4 rings (SSSR count). The first-order valence-corrected chi connectivity index (χ1v) is 13.7. The van der Waals surface area contributed by atoms with Gasteiger partial charge in [-0.25, -0.2) is 4.79 Å². The van der Waals surface area contributed by atoms with Gasteiger partial charge in [0.15, 0.2) is 11.8 Å². The van der Waals surface area contributed by atoms with E-state index in [-0.39, 0.29) is 16.8 Å². The van der Waals surface area contributed by atoms with Gasteiger partial charge in [-0.2, -0.15) is 8.42 Å². The number of hydrogen-bond acceptors (Lipinski definition) is 13. The summed E-state index contributed by atoms with van der Waals surface area (Å²) in [5.74, 6) is -5.32. The molecule has 0 spiro atoms. The van der Waals surface area contributed by atoms with E-state index in [4.69, 9.17) is 8.92 Å². The lowest BCUT2D eigenvalue weighted by Gasteiger charge is -2.50. The fraction of sp³-hybridized carbons (Fsp3) is 0.292. The number of imide groups is 1. The fourth-order valence-electron chi connectivity index (χ4n) is 4.55. The van der Waals surface area contributed by atoms with E-state index in [2.05, 4.69) is 0 Å². The molecule has 3 amide bonds. The van der Waals surface area contributed by atoms with E-state index in [1.165, 1.54) is 12.1 Å². The van der Waals surface area contributed by atoms with Crippen LogP contribution in [-0.2, 0) is 40.0 Å². The molecule has 1 saturated heterocycles. The number of nitro groups is 2. The van der Waals surface area contributed by atoms with Gasteiger partial charge in [-0.1, -0.05) is 0 Å². The third kappa shape index (κ3) is 5.56. The number of β-lactam (4-membered cyclic amide) rings is 1. The minimum absolute atomic E-state index is 0.222. The number of Topliss-reactive ketones (excluding diaryl/α,β-unsaturated/α-hetero) is 1. The van der Waals surface area contributed by atoms with E-state index in [9.17, 15) is 52.6 Å². The normalized spacial score (nSPS) is 18.8. The lowest BCUT2D eigenvalue weighted by atomic mass is 9.90. The molecule has 1 unspecified atom stereocenters. The van der Waals surface area contributed by atoms with Gasteiger partial charge >= 0.3 is 5.97 Å². The van der Waals surface area contributed by atoms with E-state index in [1.807, 2.05) is 0 Å². The highest BCUT2D eigenvalue weighted by atomic mass is 32.2. The maximum absolute atomic E-state index is 13.4. The van der Waals surface area contributed by atoms with Crippen molar-refractivity contribution in [2.75, 3.05) is 12.9 Å². The molecule has 220 valence electrons. The second-order valence-electron chi connectivity index (χ2n) is 9.26. The SMILES string of the molecule is CC(=O)C(C(=O)OCc1ccc([N+](=O)[O-])cc1)N1C(=O)[C@@H](N2C(=O)c3ccc([N+](=O)[O-])cc3C2=O)[C@H]1COS(C)(=O)=O. The van der Waals surface area contributed by atoms with Crippen LogP contribution in [0.2, 0.25) is 0 Å². The number of esters is 1. The van der Waals surface area contributed by atoms with Crippen LogP contribution in [0.15, 0.2) is 42.5 Å². The number of benzene rings is 2. The van der Waals surface area contributed by atoms with Crippen LogP contribution < -0.4 is 0 Å². The van der Waals surface area contributed by atoms with Crippen molar-refractivity contribution in [3.05, 3.63) is 79.4 Å². The summed E-state index contributed by atoms with van der Waals surface area (Å²) in [5, 5.41) is 22.0. The topological polar surface area (TPSA) is 231 Å². The molecule has 42 heavy (non-hydrogen) atoms. The van der Waals surface area contributed by atoms with Gasteiger partial charge in [0.1, 0.15) is 12.6 Å². The highest BCUT2D eigenvalue weighted by Gasteiger charge is 2.60. The summed E-state index contributed by atoms with van der Waals surface area (Å²) in [6.07, 6.45) is 0.689. The molecule has 1 fully saturated rings. The van der Waals surface area contributed by atoms with E-state index in [0.29, 0.717) is 21.6 Å². The van der Waals surface area contributed by atoms with E-state index in [0.717, 1.165) is 37.3 Å². The van der Waals surface area contributed by atoms with Crippen LogP contribution in [0.3, 0.4) is 0 Å². The second kappa shape index (κ2) is 11.1. The van der Waals surface area contributed by atoms with Crippen molar-refractivity contribution in [3.8, 4) is 0 Å². The van der Waals surface area contributed by atoms with Gasteiger partial charge < -0.3 is 9.64 Å². The number of likely N-dealkylation sites (tertiary alicyclic amines) is 1. The molecular formula is C24H20N4O13S. The van der Waals surface area contributed by atoms with Crippen molar-refractivity contribution in [1.82, 2.24) is 9.80 Å². The molecule has 0 N–H and O–H groups in total. The Labute approximate surface area is 236 Å². The Morgan fingerprint density at radius 1 is 0.952 bits per heavy atom. The lowest BCUT2D eigenvalue weighted by Crippen LogP contribution is -2.76. The predicted octanol–water partition coefficient (Wildman–Crippen LogP) is 0.356. The van der Waals surface area contributed by atoms with Crippen molar-refractivity contribution < 1.29 is 51.2 Å². The van der Waals surface area contributed by atoms with Crippen LogP contribution in [0, 0.1) is 20.2 Å². The smallest absolute Gasteiger partial charge is 0.337 e. The highest BCUT2D eigenvalue weighted by molar-refractivity contribution is 7.85. The average molecular weight is 605 g/mol. The second-order valence-corrected chi connectivity index (χ2v) is 10.9. The Kier molecular flexibility index (Phi) is 7.86. The lowest BCUT2D eigenvalue weighted by molar-refractivity contribution is -0.385. The zero-order chi connectivity index (χ0) is 31.1. The summed E-state index contributed by atoms with van der Waals surface area (Å²) >= 11 is 0. The molecule has 17 nitrogen and oxygen atoms in total. The number of carbonyl (C=O) groups is 5. The molecule has 0 radical (unpaired) electrons. The number of non-ortho nitro benzene ring substituents is 2. The van der Waals surface area contributed by atoms with Crippen LogP contribution in [-0.4, -0.2) is 88.5 Å². The van der Waals surface area contributed by atoms with Crippen LogP contribution in [0.25, 0.3) is 0 Å². The van der Waals surface area contributed by atoms with Crippen molar-refractivity contribution in [2.45, 2.75) is 31.7 Å². The fourth-order valence-corrected chi connectivity index (χ4v) is 4.94. The number of ether oxygens (including phenoxy) is 1. The van der Waals surface area contributed by atoms with E-state index >= 15 is 0 Å². The molecule has 0 saturated carbocycles. The first kappa shape index (κ1) is 29.9. The number of hydrogen-bond donors (Lipinski definition) is 0. The Morgan fingerprint density at radius 2 is 1.52 bits per heavy atom. The summed E-state index contributed by atoms with van der Waals surface area (Å²) in [7, 11) is -4.15. The maximum Gasteiger partial charge on any atom is 0.337 e. The molecule has 2 heterocycles. The third-order valence-electron chi connectivity index (χ3n) is 6.49. The zero-order valence-electron chi connectivity index (χ0n) is 21.7. The minimum atomic E-state index is -4.15. The standard InChI is InChI=1S/C24H20N4O13S/c1-12(29)19(24(33)40-10-13-3-5-14(6-4-13)27(34)35)25-18(11-41-42(2,38)39)20(23(25)32)26-21(30)16-8-7-15(28(36)37)9-17(16)22(26)31/h3-9,18-20H,10-11H2,1-2H3/t18-,19?,20+/m1/s1. The first-order chi connectivity index (χ1) is 19.6. The van der Waals surface area contributed by atoms with Gasteiger partial charge in [-0.15, -0.1) is 0 Å². The summed E-state index contributed by atoms with van der Waals surface area (Å²) < 4.78 is 33.4. The number of ketones is 1. The molecule has 0 bridgehead atoms. The molecular weight excluding hydrogens is 584 g/mol. The van der Waals surface area contributed by atoms with Gasteiger partial charge in [0, 0.05) is 24.3 Å². The Balaban J connectivity index is 1.61. The molecule has 0 aromatic heterocycles. The van der Waals surface area contributed by atoms with Crippen molar-refractivity contribution >= 4 is 51.0 Å². The van der Waals surface area contributed by atoms with Gasteiger partial charge in [-0.3, -0.25) is 48.5 Å². The number of nitro benzene ring substituents is 2. The molecule has 2 aromatic carbocycles. The molecule has 18 heteroatoms. The first-order valence-electron chi connectivity index (χ1n) is 11.9. The van der Waals surface area contributed by atoms with Crippen LogP contribution in [0.4, 0.5) is 11.4 Å². The maximum atomic E-state index is 13.4. The summed E-state index contributed by atoms with van der Waals surface area (Å²) in [6, 6.07) is 2.62. The van der Waals surface area contributed by atoms with Gasteiger partial charge in [0.05, 0.1) is 39.9 Å². The highest BCUT2D eigenvalue weighted by Crippen LogP contribution is 2.36. The molecule has 2 aromatic rings. The van der Waals surface area contributed by atoms with Crippen molar-refractivity contribution in [1.29, 1.82) is 0 Å². The number of amides is 3. The third-order valence-corrected chi connectivity index (χ3v) is 7.05. The van der Waals surface area contributed by atoms with Gasteiger partial charge in [0.2, 0.25) is 5.91 Å². The molecule has 2 aliphatic rings. The summed E-state index contributed by atoms with van der Waals surface area (Å²) in [5.41, 5.74) is -1.02. The zero-order valence-corrected chi connectivity index (χ0v) is 22.5. The van der Waals surface area contributed by atoms with Crippen LogP contribution >= 0.6 is 0 Å². The molecule has 2 aliphatic heterocycles. The van der Waals surface area contributed by atoms with Crippen LogP contribution in [0.1, 0.15) is 33.2 Å². The largest absolute Gasteiger partial charge is 0.459 e. The number of carbonyl (C=O) groups excluding carboxylic acids is 5. The average Bonchev–Trinajstić information content (AvgIpc) is 3.16. The van der Waals surface area contributed by atoms with Gasteiger partial charge in [0.25, 0.3) is 33.3 Å². The number of rotatable bonds is 11. The van der Waals surface area contributed by atoms with Gasteiger partial charge in [-0.05, 0) is 30.7 Å². The summed E-state index contributed by atoms with van der Waals surface area (Å²) in [4.78, 5) is 86.8. The molecule has 3 atom stereocenters. The van der Waals surface area contributed by atoms with E-state index < -0.39 is 86.5 Å². The van der Waals surface area contributed by atoms with E-state index in [1.54, 1.807) is 0 Å². The van der Waals surface area contributed by atoms with Crippen molar-refractivity contribution in [2.24, 2.45) is 0 Å².